The Morgan fingerprint density at radius 1 is 1.16 bits per heavy atom. The van der Waals surface area contributed by atoms with Crippen molar-refractivity contribution in [1.29, 1.82) is 0 Å². The Balaban J connectivity index is 1.62. The SMILES string of the molecule is O=C(Cc1ccccc1F)N1CCc2nc3ccccn3c(=O)c2C1. The van der Waals surface area contributed by atoms with Crippen LogP contribution in [0.5, 0.6) is 0 Å². The van der Waals surface area contributed by atoms with Crippen molar-refractivity contribution in [2.24, 2.45) is 0 Å². The van der Waals surface area contributed by atoms with Crippen LogP contribution in [0.3, 0.4) is 0 Å². The standard InChI is InChI=1S/C19H16FN3O2/c20-15-6-2-1-5-13(15)11-18(24)22-10-8-16-14(12-22)19(25)23-9-4-3-7-17(23)21-16/h1-7,9H,8,10-12H2. The van der Waals surface area contributed by atoms with Crippen LogP contribution in [0, 0.1) is 5.82 Å². The van der Waals surface area contributed by atoms with Gasteiger partial charge in [0.05, 0.1) is 24.2 Å². The Kier molecular flexibility index (Phi) is 3.80. The summed E-state index contributed by atoms with van der Waals surface area (Å²) in [5, 5.41) is 0. The summed E-state index contributed by atoms with van der Waals surface area (Å²) in [6.07, 6.45) is 2.19. The molecular formula is C19H16FN3O2. The first-order valence-corrected chi connectivity index (χ1v) is 8.14. The molecule has 0 bridgehead atoms. The van der Waals surface area contributed by atoms with E-state index in [1.165, 1.54) is 10.5 Å². The van der Waals surface area contributed by atoms with E-state index in [-0.39, 0.29) is 30.2 Å². The smallest absolute Gasteiger partial charge is 0.263 e. The van der Waals surface area contributed by atoms with Gasteiger partial charge < -0.3 is 4.90 Å². The molecule has 1 aliphatic rings. The average molecular weight is 337 g/mol. The van der Waals surface area contributed by atoms with Crippen molar-refractivity contribution in [3.05, 3.63) is 81.7 Å². The average Bonchev–Trinajstić information content (AvgIpc) is 2.63. The van der Waals surface area contributed by atoms with Crippen LogP contribution in [0.2, 0.25) is 0 Å². The molecule has 0 unspecified atom stereocenters. The van der Waals surface area contributed by atoms with E-state index < -0.39 is 0 Å². The molecule has 126 valence electrons. The lowest BCUT2D eigenvalue weighted by molar-refractivity contribution is -0.131. The first kappa shape index (κ1) is 15.5. The predicted molar refractivity (Wildman–Crippen MR) is 90.7 cm³/mol. The van der Waals surface area contributed by atoms with E-state index in [0.29, 0.717) is 29.7 Å². The van der Waals surface area contributed by atoms with Crippen LogP contribution in [0.15, 0.2) is 53.5 Å². The molecule has 0 saturated heterocycles. The summed E-state index contributed by atoms with van der Waals surface area (Å²) in [5.74, 6) is -0.575. The van der Waals surface area contributed by atoms with E-state index in [1.807, 2.05) is 6.07 Å². The molecule has 3 aromatic rings. The quantitative estimate of drug-likeness (QED) is 0.718. The van der Waals surface area contributed by atoms with Crippen LogP contribution in [-0.4, -0.2) is 26.7 Å². The van der Waals surface area contributed by atoms with E-state index in [0.717, 1.165) is 5.69 Å². The largest absolute Gasteiger partial charge is 0.337 e. The fourth-order valence-corrected chi connectivity index (χ4v) is 3.18. The molecule has 5 nitrogen and oxygen atoms in total. The van der Waals surface area contributed by atoms with E-state index in [9.17, 15) is 14.0 Å². The van der Waals surface area contributed by atoms with Gasteiger partial charge in [-0.05, 0) is 23.8 Å². The molecule has 0 fully saturated rings. The fraction of sp³-hybridized carbons (Fsp3) is 0.211. The number of carbonyl (C=O) groups excluding carboxylic acids is 1. The predicted octanol–water partition coefficient (Wildman–Crippen LogP) is 1.96. The molecule has 6 heteroatoms. The Morgan fingerprint density at radius 2 is 1.96 bits per heavy atom. The second-order valence-corrected chi connectivity index (χ2v) is 6.10. The Labute approximate surface area is 143 Å². The van der Waals surface area contributed by atoms with Crippen molar-refractivity contribution in [1.82, 2.24) is 14.3 Å². The Morgan fingerprint density at radius 3 is 2.80 bits per heavy atom. The van der Waals surface area contributed by atoms with Crippen LogP contribution in [-0.2, 0) is 24.2 Å². The second kappa shape index (κ2) is 6.12. The second-order valence-electron chi connectivity index (χ2n) is 6.10. The third kappa shape index (κ3) is 2.80. The summed E-state index contributed by atoms with van der Waals surface area (Å²) in [6, 6.07) is 11.6. The maximum atomic E-state index is 13.8. The molecule has 25 heavy (non-hydrogen) atoms. The van der Waals surface area contributed by atoms with Crippen molar-refractivity contribution < 1.29 is 9.18 Å². The Bertz CT molecular complexity index is 1030. The third-order valence-electron chi connectivity index (χ3n) is 4.53. The highest BCUT2D eigenvalue weighted by Gasteiger charge is 2.25. The van der Waals surface area contributed by atoms with E-state index in [1.54, 1.807) is 41.4 Å². The minimum absolute atomic E-state index is 0.00957. The van der Waals surface area contributed by atoms with Crippen molar-refractivity contribution >= 4 is 11.6 Å². The zero-order chi connectivity index (χ0) is 17.4. The van der Waals surface area contributed by atoms with Gasteiger partial charge in [-0.15, -0.1) is 0 Å². The van der Waals surface area contributed by atoms with Crippen LogP contribution in [0.4, 0.5) is 4.39 Å². The highest BCUT2D eigenvalue weighted by molar-refractivity contribution is 5.79. The zero-order valence-electron chi connectivity index (χ0n) is 13.5. The van der Waals surface area contributed by atoms with E-state index in [4.69, 9.17) is 0 Å². The van der Waals surface area contributed by atoms with Crippen molar-refractivity contribution in [2.45, 2.75) is 19.4 Å². The van der Waals surface area contributed by atoms with Crippen molar-refractivity contribution in [3.8, 4) is 0 Å². The molecule has 0 aliphatic carbocycles. The number of fused-ring (bicyclic) bond motifs is 2. The number of halogens is 1. The van der Waals surface area contributed by atoms with Gasteiger partial charge in [-0.1, -0.05) is 24.3 Å². The molecule has 0 N–H and O–H groups in total. The highest BCUT2D eigenvalue weighted by atomic mass is 19.1. The molecule has 0 radical (unpaired) electrons. The normalized spacial score (nSPS) is 13.7. The van der Waals surface area contributed by atoms with Gasteiger partial charge in [0, 0.05) is 19.2 Å². The number of pyridine rings is 1. The molecule has 4 rings (SSSR count). The minimum Gasteiger partial charge on any atom is -0.337 e. The number of nitrogens with zero attached hydrogens (tertiary/aromatic N) is 3. The molecule has 1 aliphatic heterocycles. The van der Waals surface area contributed by atoms with Gasteiger partial charge in [0.25, 0.3) is 5.56 Å². The summed E-state index contributed by atoms with van der Waals surface area (Å²) in [7, 11) is 0. The molecule has 3 heterocycles. The van der Waals surface area contributed by atoms with Crippen molar-refractivity contribution in [2.75, 3.05) is 6.54 Å². The maximum absolute atomic E-state index is 13.8. The number of rotatable bonds is 2. The lowest BCUT2D eigenvalue weighted by atomic mass is 10.0. The number of benzene rings is 1. The summed E-state index contributed by atoms with van der Waals surface area (Å²) >= 11 is 0. The maximum Gasteiger partial charge on any atom is 0.263 e. The summed E-state index contributed by atoms with van der Waals surface area (Å²) in [4.78, 5) is 31.4. The molecular weight excluding hydrogens is 321 g/mol. The number of carbonyl (C=O) groups is 1. The van der Waals surface area contributed by atoms with E-state index in [2.05, 4.69) is 4.98 Å². The monoisotopic (exact) mass is 337 g/mol. The number of hydrogen-bond donors (Lipinski definition) is 0. The molecule has 2 aromatic heterocycles. The Hall–Kier alpha value is -3.02. The third-order valence-corrected chi connectivity index (χ3v) is 4.53. The van der Waals surface area contributed by atoms with Gasteiger partial charge in [-0.3, -0.25) is 14.0 Å². The van der Waals surface area contributed by atoms with Gasteiger partial charge in [-0.25, -0.2) is 9.37 Å². The number of hydrogen-bond acceptors (Lipinski definition) is 3. The van der Waals surface area contributed by atoms with E-state index >= 15 is 0 Å². The first-order chi connectivity index (χ1) is 12.1. The molecule has 0 spiro atoms. The van der Waals surface area contributed by atoms with Gasteiger partial charge >= 0.3 is 0 Å². The summed E-state index contributed by atoms with van der Waals surface area (Å²) in [6.45, 7) is 0.696. The van der Waals surface area contributed by atoms with Crippen LogP contribution >= 0.6 is 0 Å². The van der Waals surface area contributed by atoms with Gasteiger partial charge in [-0.2, -0.15) is 0 Å². The highest BCUT2D eigenvalue weighted by Crippen LogP contribution is 2.17. The lowest BCUT2D eigenvalue weighted by Crippen LogP contribution is -2.40. The van der Waals surface area contributed by atoms with Gasteiger partial charge in [0.15, 0.2) is 0 Å². The summed E-state index contributed by atoms with van der Waals surface area (Å²) in [5.41, 5.74) is 2.11. The molecule has 1 amide bonds. The van der Waals surface area contributed by atoms with Crippen LogP contribution < -0.4 is 5.56 Å². The topological polar surface area (TPSA) is 54.7 Å². The molecule has 1 aromatic carbocycles. The molecule has 0 saturated carbocycles. The molecule has 0 atom stereocenters. The van der Waals surface area contributed by atoms with Crippen molar-refractivity contribution in [3.63, 3.8) is 0 Å². The fourth-order valence-electron chi connectivity index (χ4n) is 3.18. The minimum atomic E-state index is -0.388. The zero-order valence-corrected chi connectivity index (χ0v) is 13.5. The van der Waals surface area contributed by atoms with Gasteiger partial charge in [0.2, 0.25) is 5.91 Å². The van der Waals surface area contributed by atoms with Gasteiger partial charge in [0.1, 0.15) is 11.5 Å². The van der Waals surface area contributed by atoms with Crippen LogP contribution in [0.1, 0.15) is 16.8 Å². The van der Waals surface area contributed by atoms with Crippen LogP contribution in [0.25, 0.3) is 5.65 Å². The first-order valence-electron chi connectivity index (χ1n) is 8.14. The number of aromatic nitrogens is 2. The number of amides is 1. The lowest BCUT2D eigenvalue weighted by Gasteiger charge is -2.28. The summed E-state index contributed by atoms with van der Waals surface area (Å²) < 4.78 is 15.3.